The Hall–Kier alpha value is -1.58. The van der Waals surface area contributed by atoms with Crippen LogP contribution in [0.2, 0.25) is 5.02 Å². The molecule has 0 amide bonds. The molecule has 0 aliphatic carbocycles. The maximum absolute atomic E-state index is 14.0. The van der Waals surface area contributed by atoms with E-state index >= 15 is 0 Å². The predicted molar refractivity (Wildman–Crippen MR) is 109 cm³/mol. The van der Waals surface area contributed by atoms with Gasteiger partial charge >= 0.3 is 0 Å². The topological polar surface area (TPSA) is 40.1 Å². The first-order chi connectivity index (χ1) is 13.1. The van der Waals surface area contributed by atoms with Crippen LogP contribution in [-0.2, 0) is 13.2 Å². The monoisotopic (exact) mass is 423 g/mol. The fourth-order valence-electron chi connectivity index (χ4n) is 3.17. The molecule has 3 heterocycles. The van der Waals surface area contributed by atoms with Crippen LogP contribution < -0.4 is 0 Å². The molecule has 1 fully saturated rings. The summed E-state index contributed by atoms with van der Waals surface area (Å²) in [4.78, 5) is 10.1. The van der Waals surface area contributed by atoms with Crippen LogP contribution in [0, 0.1) is 10.6 Å². The lowest BCUT2D eigenvalue weighted by molar-refractivity contribution is 0.0975. The van der Waals surface area contributed by atoms with Crippen molar-refractivity contribution in [2.24, 2.45) is 0 Å². The lowest BCUT2D eigenvalue weighted by Gasteiger charge is -2.34. The Morgan fingerprint density at radius 3 is 2.63 bits per heavy atom. The molecular weight excluding hydrogens is 405 g/mol. The molecule has 142 valence electrons. The number of thiophene rings is 1. The van der Waals surface area contributed by atoms with Crippen LogP contribution in [0.3, 0.4) is 0 Å². The highest BCUT2D eigenvalue weighted by Gasteiger charge is 2.20. The fraction of sp³-hybridized carbons (Fsp3) is 0.333. The van der Waals surface area contributed by atoms with E-state index in [9.17, 15) is 4.39 Å². The van der Waals surface area contributed by atoms with Crippen LogP contribution >= 0.6 is 35.2 Å². The normalized spacial score (nSPS) is 16.1. The SMILES string of the molecule is Fc1cccc(Cl)c1CN1CCN(Cn2[nH]c(-c3cccs3)nc2=S)CC1. The number of hydrogen-bond donors (Lipinski definition) is 1. The van der Waals surface area contributed by atoms with Gasteiger partial charge in [0.05, 0.1) is 11.5 Å². The van der Waals surface area contributed by atoms with Crippen molar-refractivity contribution in [2.45, 2.75) is 13.2 Å². The van der Waals surface area contributed by atoms with Crippen LogP contribution in [0.4, 0.5) is 4.39 Å². The lowest BCUT2D eigenvalue weighted by atomic mass is 10.2. The van der Waals surface area contributed by atoms with E-state index < -0.39 is 0 Å². The van der Waals surface area contributed by atoms with E-state index in [1.807, 2.05) is 22.2 Å². The first kappa shape index (κ1) is 18.8. The van der Waals surface area contributed by atoms with Crippen LogP contribution in [0.25, 0.3) is 10.7 Å². The van der Waals surface area contributed by atoms with Crippen molar-refractivity contribution in [3.05, 3.63) is 56.9 Å². The first-order valence-electron chi connectivity index (χ1n) is 8.68. The van der Waals surface area contributed by atoms with Crippen molar-refractivity contribution in [1.29, 1.82) is 0 Å². The number of halogens is 2. The maximum Gasteiger partial charge on any atom is 0.217 e. The average molecular weight is 424 g/mol. The summed E-state index contributed by atoms with van der Waals surface area (Å²) < 4.78 is 16.4. The number of aromatic amines is 1. The van der Waals surface area contributed by atoms with Crippen molar-refractivity contribution in [2.75, 3.05) is 26.2 Å². The Labute approximate surface area is 171 Å². The van der Waals surface area contributed by atoms with Crippen molar-refractivity contribution in [3.63, 3.8) is 0 Å². The highest BCUT2D eigenvalue weighted by molar-refractivity contribution is 7.71. The maximum atomic E-state index is 14.0. The molecule has 1 N–H and O–H groups in total. The first-order valence-corrected chi connectivity index (χ1v) is 10.3. The van der Waals surface area contributed by atoms with E-state index in [4.69, 9.17) is 23.8 Å². The fourth-order valence-corrected chi connectivity index (χ4v) is 4.25. The van der Waals surface area contributed by atoms with Gasteiger partial charge < -0.3 is 0 Å². The van der Waals surface area contributed by atoms with Crippen molar-refractivity contribution in [3.8, 4) is 10.7 Å². The Balaban J connectivity index is 1.36. The smallest absolute Gasteiger partial charge is 0.217 e. The minimum Gasteiger partial charge on any atom is -0.296 e. The summed E-state index contributed by atoms with van der Waals surface area (Å²) in [7, 11) is 0. The largest absolute Gasteiger partial charge is 0.296 e. The molecule has 1 saturated heterocycles. The van der Waals surface area contributed by atoms with Gasteiger partial charge in [-0.1, -0.05) is 23.7 Å². The quantitative estimate of drug-likeness (QED) is 0.623. The van der Waals surface area contributed by atoms with E-state index in [1.54, 1.807) is 23.5 Å². The average Bonchev–Trinajstić information content (AvgIpc) is 3.30. The number of nitrogens with zero attached hydrogens (tertiary/aromatic N) is 4. The number of nitrogens with one attached hydrogen (secondary N) is 1. The molecule has 1 aromatic carbocycles. The Bertz CT molecular complexity index is 940. The summed E-state index contributed by atoms with van der Waals surface area (Å²) in [6, 6.07) is 8.85. The third-order valence-corrected chi connectivity index (χ3v) is 6.23. The lowest BCUT2D eigenvalue weighted by Crippen LogP contribution is -2.46. The van der Waals surface area contributed by atoms with Crippen molar-refractivity contribution >= 4 is 35.2 Å². The second-order valence-corrected chi connectivity index (χ2v) is 8.22. The number of H-pyrrole nitrogens is 1. The highest BCUT2D eigenvalue weighted by Crippen LogP contribution is 2.22. The number of hydrogen-bond acceptors (Lipinski definition) is 5. The van der Waals surface area contributed by atoms with Gasteiger partial charge in [0.2, 0.25) is 4.77 Å². The molecule has 4 rings (SSSR count). The number of aromatic nitrogens is 3. The van der Waals surface area contributed by atoms with E-state index in [2.05, 4.69) is 19.9 Å². The van der Waals surface area contributed by atoms with Gasteiger partial charge in [0, 0.05) is 43.3 Å². The van der Waals surface area contributed by atoms with Crippen LogP contribution in [-0.4, -0.2) is 50.7 Å². The van der Waals surface area contributed by atoms with E-state index in [-0.39, 0.29) is 5.82 Å². The van der Waals surface area contributed by atoms with Crippen molar-refractivity contribution in [1.82, 2.24) is 24.6 Å². The minimum atomic E-state index is -0.241. The summed E-state index contributed by atoms with van der Waals surface area (Å²) in [5.74, 6) is 0.567. The molecule has 9 heteroatoms. The highest BCUT2D eigenvalue weighted by atomic mass is 35.5. The third kappa shape index (κ3) is 4.30. The Morgan fingerprint density at radius 1 is 1.15 bits per heavy atom. The van der Waals surface area contributed by atoms with Crippen LogP contribution in [0.5, 0.6) is 0 Å². The number of benzene rings is 1. The van der Waals surface area contributed by atoms with Gasteiger partial charge in [-0.2, -0.15) is 4.98 Å². The standard InChI is InChI=1S/C18H19ClFN5S2/c19-14-3-1-4-15(20)13(14)11-23-6-8-24(9-7-23)12-25-18(26)21-17(22-25)16-5-2-10-27-16/h1-5,10H,6-9,11-12H2,(H,21,22,26). The molecule has 1 aliphatic heterocycles. The summed E-state index contributed by atoms with van der Waals surface area (Å²) in [6.45, 7) is 4.66. The number of rotatable bonds is 5. The van der Waals surface area contributed by atoms with Crippen molar-refractivity contribution < 1.29 is 4.39 Å². The third-order valence-electron chi connectivity index (χ3n) is 4.68. The van der Waals surface area contributed by atoms with Gasteiger partial charge in [-0.3, -0.25) is 14.9 Å². The van der Waals surface area contributed by atoms with Gasteiger partial charge in [-0.25, -0.2) is 9.07 Å². The van der Waals surface area contributed by atoms with E-state index in [0.717, 1.165) is 36.9 Å². The molecule has 0 spiro atoms. The molecule has 3 aromatic rings. The van der Waals surface area contributed by atoms with Gasteiger partial charge in [0.15, 0.2) is 5.82 Å². The van der Waals surface area contributed by atoms with Gasteiger partial charge in [-0.05, 0) is 35.8 Å². The number of piperazine rings is 1. The molecular formula is C18H19ClFN5S2. The summed E-state index contributed by atoms with van der Waals surface area (Å²) in [5.41, 5.74) is 0.573. The molecule has 0 atom stereocenters. The molecule has 1 aliphatic rings. The summed E-state index contributed by atoms with van der Waals surface area (Å²) in [6.07, 6.45) is 0. The molecule has 2 aromatic heterocycles. The Kier molecular flexibility index (Phi) is 5.70. The van der Waals surface area contributed by atoms with E-state index in [0.29, 0.717) is 28.6 Å². The minimum absolute atomic E-state index is 0.241. The summed E-state index contributed by atoms with van der Waals surface area (Å²) >= 11 is 13.2. The van der Waals surface area contributed by atoms with Crippen LogP contribution in [0.1, 0.15) is 5.56 Å². The second-order valence-electron chi connectivity index (χ2n) is 6.50. The summed E-state index contributed by atoms with van der Waals surface area (Å²) in [5, 5.41) is 5.80. The Morgan fingerprint density at radius 2 is 1.93 bits per heavy atom. The predicted octanol–water partition coefficient (Wildman–Crippen LogP) is 4.24. The molecule has 0 radical (unpaired) electrons. The molecule has 27 heavy (non-hydrogen) atoms. The van der Waals surface area contributed by atoms with Crippen LogP contribution in [0.15, 0.2) is 35.7 Å². The molecule has 0 saturated carbocycles. The second kappa shape index (κ2) is 8.20. The molecule has 5 nitrogen and oxygen atoms in total. The zero-order valence-electron chi connectivity index (χ0n) is 14.6. The molecule has 0 unspecified atom stereocenters. The van der Waals surface area contributed by atoms with E-state index in [1.165, 1.54) is 6.07 Å². The zero-order valence-corrected chi connectivity index (χ0v) is 17.0. The van der Waals surface area contributed by atoms with Gasteiger partial charge in [0.25, 0.3) is 0 Å². The molecule has 0 bridgehead atoms. The van der Waals surface area contributed by atoms with Gasteiger partial charge in [0.1, 0.15) is 5.82 Å². The zero-order chi connectivity index (χ0) is 18.8. The van der Waals surface area contributed by atoms with Gasteiger partial charge in [-0.15, -0.1) is 11.3 Å².